The molecule has 2 amide bonds. The molecule has 2 N–H and O–H groups in total. The molecule has 1 aromatic carbocycles. The molecule has 1 fully saturated rings. The summed E-state index contributed by atoms with van der Waals surface area (Å²) in [5.74, 6) is 0.774. The minimum Gasteiger partial charge on any atom is -0.357 e. The molecule has 1 aliphatic heterocycles. The molecular weight excluding hydrogens is 432 g/mol. The molecule has 10 heteroatoms. The van der Waals surface area contributed by atoms with Crippen LogP contribution in [0.2, 0.25) is 0 Å². The van der Waals surface area contributed by atoms with Gasteiger partial charge in [0, 0.05) is 55.1 Å². The zero-order valence-corrected chi connectivity index (χ0v) is 18.9. The number of hydrogen-bond acceptors (Lipinski definition) is 6. The van der Waals surface area contributed by atoms with Crippen LogP contribution < -0.4 is 0 Å². The average molecular weight is 457 g/mol. The molecule has 34 heavy (non-hydrogen) atoms. The third-order valence-corrected chi connectivity index (χ3v) is 6.06. The van der Waals surface area contributed by atoms with Gasteiger partial charge in [0.15, 0.2) is 5.82 Å². The van der Waals surface area contributed by atoms with Gasteiger partial charge < -0.3 is 14.8 Å². The highest BCUT2D eigenvalue weighted by molar-refractivity contribution is 6.46. The summed E-state index contributed by atoms with van der Waals surface area (Å²) in [5.41, 5.74) is 2.60. The fraction of sp³-hybridized carbons (Fsp3) is 0.250. The van der Waals surface area contributed by atoms with Gasteiger partial charge in [-0.2, -0.15) is 5.10 Å². The number of benzene rings is 1. The smallest absolute Gasteiger partial charge is 0.272 e. The number of H-pyrrole nitrogens is 1. The average Bonchev–Trinajstić information content (AvgIpc) is 3.51. The van der Waals surface area contributed by atoms with E-state index in [-0.39, 0.29) is 17.5 Å². The predicted molar refractivity (Wildman–Crippen MR) is 126 cm³/mol. The second kappa shape index (κ2) is 8.54. The molecule has 4 heterocycles. The van der Waals surface area contributed by atoms with Gasteiger partial charge >= 0.3 is 0 Å². The Morgan fingerprint density at radius 3 is 2.38 bits per heavy atom. The van der Waals surface area contributed by atoms with Gasteiger partial charge in [0.25, 0.3) is 11.8 Å². The number of hydrogen-bond donors (Lipinski definition) is 2. The molecule has 0 atom stereocenters. The first-order valence-corrected chi connectivity index (χ1v) is 11.0. The molecule has 0 spiro atoms. The van der Waals surface area contributed by atoms with Crippen molar-refractivity contribution in [2.45, 2.75) is 13.8 Å². The van der Waals surface area contributed by atoms with Gasteiger partial charge in [-0.05, 0) is 31.5 Å². The first kappa shape index (κ1) is 21.5. The van der Waals surface area contributed by atoms with E-state index in [1.807, 2.05) is 25.1 Å². The molecule has 1 aliphatic rings. The van der Waals surface area contributed by atoms with E-state index in [4.69, 9.17) is 5.41 Å². The molecular formula is C24H24N8O2. The summed E-state index contributed by atoms with van der Waals surface area (Å²) in [4.78, 5) is 41.1. The normalized spacial score (nSPS) is 13.9. The van der Waals surface area contributed by atoms with Crippen LogP contribution >= 0.6 is 0 Å². The number of aromatic nitrogens is 5. The third kappa shape index (κ3) is 3.72. The predicted octanol–water partition coefficient (Wildman–Crippen LogP) is 2.11. The Hall–Kier alpha value is -4.34. The number of carbonyl (C=O) groups excluding carboxylic acids is 2. The largest absolute Gasteiger partial charge is 0.357 e. The number of nitrogens with zero attached hydrogens (tertiary/aromatic N) is 6. The van der Waals surface area contributed by atoms with Crippen LogP contribution in [0.4, 0.5) is 0 Å². The first-order chi connectivity index (χ1) is 16.4. The van der Waals surface area contributed by atoms with Gasteiger partial charge in [-0.25, -0.2) is 14.6 Å². The maximum absolute atomic E-state index is 13.2. The molecule has 0 unspecified atom stereocenters. The first-order valence-electron chi connectivity index (χ1n) is 11.0. The fourth-order valence-corrected chi connectivity index (χ4v) is 4.26. The lowest BCUT2D eigenvalue weighted by Crippen LogP contribution is -2.52. The van der Waals surface area contributed by atoms with E-state index in [9.17, 15) is 9.59 Å². The molecule has 4 aromatic rings. The molecule has 0 radical (unpaired) electrons. The van der Waals surface area contributed by atoms with Crippen LogP contribution in [-0.2, 0) is 4.79 Å². The highest BCUT2D eigenvalue weighted by atomic mass is 16.2. The van der Waals surface area contributed by atoms with Crippen LogP contribution in [0.25, 0.3) is 16.7 Å². The van der Waals surface area contributed by atoms with Crippen molar-refractivity contribution in [2.24, 2.45) is 0 Å². The summed E-state index contributed by atoms with van der Waals surface area (Å²) in [7, 11) is 0. The maximum atomic E-state index is 13.2. The van der Waals surface area contributed by atoms with Gasteiger partial charge in [0.2, 0.25) is 0 Å². The van der Waals surface area contributed by atoms with Gasteiger partial charge in [0.05, 0.1) is 5.52 Å². The lowest BCUT2D eigenvalue weighted by molar-refractivity contribution is -0.125. The van der Waals surface area contributed by atoms with Gasteiger partial charge in [-0.1, -0.05) is 18.2 Å². The lowest BCUT2D eigenvalue weighted by atomic mass is 10.0. The number of rotatable bonds is 4. The number of pyridine rings is 1. The quantitative estimate of drug-likeness (QED) is 0.455. The summed E-state index contributed by atoms with van der Waals surface area (Å²) in [6.45, 7) is 5.31. The monoisotopic (exact) mass is 456 g/mol. The minimum atomic E-state index is -0.359. The maximum Gasteiger partial charge on any atom is 0.272 e. The number of aryl methyl sites for hydroxylation is 2. The Morgan fingerprint density at radius 2 is 1.71 bits per heavy atom. The molecule has 5 rings (SSSR count). The second-order valence-electron chi connectivity index (χ2n) is 8.28. The van der Waals surface area contributed by atoms with Crippen molar-refractivity contribution in [1.29, 1.82) is 5.41 Å². The zero-order chi connectivity index (χ0) is 23.8. The number of amides is 2. The van der Waals surface area contributed by atoms with E-state index < -0.39 is 0 Å². The zero-order valence-electron chi connectivity index (χ0n) is 18.9. The standard InChI is InChI=1S/C24H24N8O2/c1-15-12-27-22(32-14-28-16(2)29-32)21-19(15)18(13-26-21)20(25)24(34)31-10-8-30(9-11-31)23(33)17-6-4-3-5-7-17/h3-7,12-14,25-26H,8-11H2,1-2H3. The lowest BCUT2D eigenvalue weighted by Gasteiger charge is -2.34. The van der Waals surface area contributed by atoms with Crippen molar-refractivity contribution in [3.05, 3.63) is 71.6 Å². The van der Waals surface area contributed by atoms with E-state index in [0.29, 0.717) is 54.5 Å². The van der Waals surface area contributed by atoms with Crippen LogP contribution in [0.15, 0.2) is 49.1 Å². The summed E-state index contributed by atoms with van der Waals surface area (Å²) in [5, 5.41) is 13.8. The minimum absolute atomic E-state index is 0.0431. The molecule has 172 valence electrons. The summed E-state index contributed by atoms with van der Waals surface area (Å²) in [6.07, 6.45) is 4.96. The van der Waals surface area contributed by atoms with Crippen molar-refractivity contribution in [3.63, 3.8) is 0 Å². The molecule has 0 aliphatic carbocycles. The Morgan fingerprint density at radius 1 is 1.00 bits per heavy atom. The Kier molecular flexibility index (Phi) is 5.40. The highest BCUT2D eigenvalue weighted by Gasteiger charge is 2.29. The van der Waals surface area contributed by atoms with Gasteiger partial charge in [-0.3, -0.25) is 15.0 Å². The molecule has 1 saturated heterocycles. The van der Waals surface area contributed by atoms with E-state index in [2.05, 4.69) is 20.1 Å². The van der Waals surface area contributed by atoms with Crippen molar-refractivity contribution < 1.29 is 9.59 Å². The van der Waals surface area contributed by atoms with Crippen LogP contribution in [0.3, 0.4) is 0 Å². The van der Waals surface area contributed by atoms with Crippen LogP contribution in [0.5, 0.6) is 0 Å². The highest BCUT2D eigenvalue weighted by Crippen LogP contribution is 2.26. The Balaban J connectivity index is 1.35. The van der Waals surface area contributed by atoms with Gasteiger partial charge in [0.1, 0.15) is 17.9 Å². The van der Waals surface area contributed by atoms with Crippen LogP contribution in [0.1, 0.15) is 27.3 Å². The van der Waals surface area contributed by atoms with Crippen molar-refractivity contribution in [2.75, 3.05) is 26.2 Å². The van der Waals surface area contributed by atoms with Crippen LogP contribution in [-0.4, -0.2) is 78.2 Å². The molecule has 0 saturated carbocycles. The molecule has 0 bridgehead atoms. The van der Waals surface area contributed by atoms with E-state index in [1.165, 1.54) is 0 Å². The molecule has 10 nitrogen and oxygen atoms in total. The number of carbonyl (C=O) groups is 2. The number of nitrogens with one attached hydrogen (secondary N) is 2. The van der Waals surface area contributed by atoms with Gasteiger partial charge in [-0.15, -0.1) is 0 Å². The van der Waals surface area contributed by atoms with Crippen LogP contribution in [0, 0.1) is 19.3 Å². The Labute approximate surface area is 195 Å². The van der Waals surface area contributed by atoms with E-state index in [1.54, 1.807) is 52.3 Å². The summed E-state index contributed by atoms with van der Waals surface area (Å²) >= 11 is 0. The van der Waals surface area contributed by atoms with E-state index in [0.717, 1.165) is 10.9 Å². The fourth-order valence-electron chi connectivity index (χ4n) is 4.26. The third-order valence-electron chi connectivity index (χ3n) is 6.06. The molecule has 3 aromatic heterocycles. The Bertz CT molecular complexity index is 1400. The number of fused-ring (bicyclic) bond motifs is 1. The SMILES string of the molecule is Cc1ncn(-c2ncc(C)c3c(C(=N)C(=O)N4CCN(C(=O)c5ccccc5)CC4)c[nH]c23)n1. The number of piperazine rings is 1. The topological polar surface area (TPSA) is 124 Å². The van der Waals surface area contributed by atoms with Crippen molar-refractivity contribution in [1.82, 2.24) is 34.5 Å². The second-order valence-corrected chi connectivity index (χ2v) is 8.28. The number of aromatic amines is 1. The van der Waals surface area contributed by atoms with E-state index >= 15 is 0 Å². The summed E-state index contributed by atoms with van der Waals surface area (Å²) in [6, 6.07) is 9.12. The van der Waals surface area contributed by atoms with Crippen molar-refractivity contribution >= 4 is 28.4 Å². The van der Waals surface area contributed by atoms with Crippen molar-refractivity contribution in [3.8, 4) is 5.82 Å². The summed E-state index contributed by atoms with van der Waals surface area (Å²) < 4.78 is 1.58.